The van der Waals surface area contributed by atoms with Crippen molar-refractivity contribution in [2.45, 2.75) is 16.0 Å². The zero-order valence-electron chi connectivity index (χ0n) is 14.0. The maximum Gasteiger partial charge on any atom is 0.416 e. The first-order valence-corrected chi connectivity index (χ1v) is 9.97. The third-order valence-electron chi connectivity index (χ3n) is 3.24. The molecule has 2 aromatic rings. The molecule has 0 bridgehead atoms. The van der Waals surface area contributed by atoms with E-state index in [9.17, 15) is 26.4 Å². The second-order valence-corrected chi connectivity index (χ2v) is 8.56. The molecule has 1 amide bonds. The van der Waals surface area contributed by atoms with Crippen molar-refractivity contribution < 1.29 is 26.4 Å². The molecule has 0 atom stereocenters. The van der Waals surface area contributed by atoms with E-state index in [1.807, 2.05) is 0 Å². The molecular formula is C16H14ClF3N2O3S2. The van der Waals surface area contributed by atoms with Crippen LogP contribution in [0.15, 0.2) is 52.3 Å². The summed E-state index contributed by atoms with van der Waals surface area (Å²) in [6, 6.07) is 8.06. The summed E-state index contributed by atoms with van der Waals surface area (Å²) in [6.45, 7) is 0. The number of carbonyl (C=O) groups is 1. The van der Waals surface area contributed by atoms with E-state index in [4.69, 9.17) is 11.6 Å². The number of nitrogens with one attached hydrogen (secondary N) is 1. The number of nitrogens with zero attached hydrogens (tertiary/aromatic N) is 1. The zero-order valence-corrected chi connectivity index (χ0v) is 16.4. The van der Waals surface area contributed by atoms with Crippen molar-refractivity contribution in [2.75, 3.05) is 18.8 Å². The molecule has 0 aliphatic carbocycles. The quantitative estimate of drug-likeness (QED) is 0.687. The summed E-state index contributed by atoms with van der Waals surface area (Å²) in [6.07, 6.45) is -4.72. The Balaban J connectivity index is 2.42. The number of thioether (sulfide) groups is 1. The summed E-state index contributed by atoms with van der Waals surface area (Å²) < 4.78 is 66.1. The average Bonchev–Trinajstić information content (AvgIpc) is 2.55. The minimum atomic E-state index is -4.72. The van der Waals surface area contributed by atoms with E-state index in [0.717, 1.165) is 17.8 Å². The molecule has 1 N–H and O–H groups in total. The van der Waals surface area contributed by atoms with Gasteiger partial charge in [0.1, 0.15) is 4.90 Å². The number of anilines is 1. The van der Waals surface area contributed by atoms with Crippen LogP contribution in [0.2, 0.25) is 5.02 Å². The van der Waals surface area contributed by atoms with E-state index in [2.05, 4.69) is 4.72 Å². The molecule has 0 spiro atoms. The average molecular weight is 439 g/mol. The van der Waals surface area contributed by atoms with Crippen LogP contribution in [0.4, 0.5) is 23.7 Å². The molecule has 0 unspecified atom stereocenters. The molecule has 0 aliphatic rings. The SMILES string of the molecule is CN(C)C(=O)Sc1ccccc1NS(=O)(=O)c1cc(C(F)(F)F)ccc1Cl. The van der Waals surface area contributed by atoms with Gasteiger partial charge in [-0.3, -0.25) is 9.52 Å². The largest absolute Gasteiger partial charge is 0.416 e. The van der Waals surface area contributed by atoms with Crippen LogP contribution in [0.3, 0.4) is 0 Å². The minimum absolute atomic E-state index is 0.0474. The number of halogens is 4. The van der Waals surface area contributed by atoms with Crippen LogP contribution >= 0.6 is 23.4 Å². The first kappa shape index (κ1) is 21.4. The number of hydrogen-bond donors (Lipinski definition) is 1. The molecule has 0 fully saturated rings. The highest BCUT2D eigenvalue weighted by atomic mass is 35.5. The third kappa shape index (κ3) is 5.30. The van der Waals surface area contributed by atoms with Gasteiger partial charge in [0, 0.05) is 19.0 Å². The number of alkyl halides is 3. The Morgan fingerprint density at radius 2 is 1.78 bits per heavy atom. The van der Waals surface area contributed by atoms with Gasteiger partial charge in [-0.05, 0) is 42.1 Å². The molecule has 0 radical (unpaired) electrons. The van der Waals surface area contributed by atoms with Crippen LogP contribution < -0.4 is 4.72 Å². The summed E-state index contributed by atoms with van der Waals surface area (Å²) in [5.74, 6) is 0. The lowest BCUT2D eigenvalue weighted by Crippen LogP contribution is -2.18. The Hall–Kier alpha value is -1.91. The molecular weight excluding hydrogens is 425 g/mol. The second kappa shape index (κ2) is 7.99. The molecule has 27 heavy (non-hydrogen) atoms. The summed E-state index contributed by atoms with van der Waals surface area (Å²) in [5.41, 5.74) is -1.09. The van der Waals surface area contributed by atoms with Crippen molar-refractivity contribution in [3.8, 4) is 0 Å². The smallest absolute Gasteiger partial charge is 0.339 e. The van der Waals surface area contributed by atoms with Crippen LogP contribution in [0.1, 0.15) is 5.56 Å². The van der Waals surface area contributed by atoms with Crippen LogP contribution in [0.5, 0.6) is 0 Å². The number of hydrogen-bond acceptors (Lipinski definition) is 4. The normalized spacial score (nSPS) is 11.9. The lowest BCUT2D eigenvalue weighted by molar-refractivity contribution is -0.137. The van der Waals surface area contributed by atoms with Gasteiger partial charge in [-0.2, -0.15) is 13.2 Å². The number of benzene rings is 2. The number of amides is 1. The summed E-state index contributed by atoms with van der Waals surface area (Å²) in [4.78, 5) is 12.8. The fraction of sp³-hybridized carbons (Fsp3) is 0.188. The monoisotopic (exact) mass is 438 g/mol. The number of para-hydroxylation sites is 1. The maximum atomic E-state index is 12.9. The van der Waals surface area contributed by atoms with E-state index in [1.54, 1.807) is 6.07 Å². The molecule has 2 aromatic carbocycles. The lowest BCUT2D eigenvalue weighted by atomic mass is 10.2. The Bertz CT molecular complexity index is 964. The van der Waals surface area contributed by atoms with Crippen molar-refractivity contribution in [3.63, 3.8) is 0 Å². The van der Waals surface area contributed by atoms with Gasteiger partial charge in [0.25, 0.3) is 15.3 Å². The van der Waals surface area contributed by atoms with Crippen LogP contribution in [-0.4, -0.2) is 32.7 Å². The van der Waals surface area contributed by atoms with Crippen molar-refractivity contribution in [3.05, 3.63) is 53.1 Å². The van der Waals surface area contributed by atoms with Gasteiger partial charge in [-0.25, -0.2) is 8.42 Å². The molecule has 0 heterocycles. The van der Waals surface area contributed by atoms with Crippen LogP contribution in [0.25, 0.3) is 0 Å². The summed E-state index contributed by atoms with van der Waals surface area (Å²) >= 11 is 6.58. The molecule has 0 saturated carbocycles. The Morgan fingerprint density at radius 1 is 1.15 bits per heavy atom. The van der Waals surface area contributed by atoms with E-state index in [1.165, 1.54) is 37.2 Å². The van der Waals surface area contributed by atoms with E-state index in [0.29, 0.717) is 17.0 Å². The number of rotatable bonds is 4. The first-order valence-electron chi connectivity index (χ1n) is 7.29. The van der Waals surface area contributed by atoms with Gasteiger partial charge in [0.05, 0.1) is 16.3 Å². The molecule has 0 aromatic heterocycles. The molecule has 146 valence electrons. The fourth-order valence-electron chi connectivity index (χ4n) is 1.91. The molecule has 0 aliphatic heterocycles. The molecule has 2 rings (SSSR count). The third-order valence-corrected chi connectivity index (χ3v) is 6.20. The topological polar surface area (TPSA) is 66.5 Å². The summed E-state index contributed by atoms with van der Waals surface area (Å²) in [7, 11) is -1.36. The predicted molar refractivity (Wildman–Crippen MR) is 98.6 cm³/mol. The van der Waals surface area contributed by atoms with E-state index >= 15 is 0 Å². The predicted octanol–water partition coefficient (Wildman–Crippen LogP) is 4.93. The Labute approximate surface area is 163 Å². The number of sulfonamides is 1. The van der Waals surface area contributed by atoms with Gasteiger partial charge in [-0.15, -0.1) is 0 Å². The lowest BCUT2D eigenvalue weighted by Gasteiger charge is -2.15. The van der Waals surface area contributed by atoms with Crippen molar-refractivity contribution in [2.24, 2.45) is 0 Å². The molecule has 11 heteroatoms. The number of carbonyl (C=O) groups excluding carboxylic acids is 1. The highest BCUT2D eigenvalue weighted by molar-refractivity contribution is 8.13. The van der Waals surface area contributed by atoms with Gasteiger partial charge < -0.3 is 4.90 Å². The van der Waals surface area contributed by atoms with E-state index < -0.39 is 26.7 Å². The van der Waals surface area contributed by atoms with Crippen LogP contribution in [0, 0.1) is 0 Å². The Kier molecular flexibility index (Phi) is 6.33. The van der Waals surface area contributed by atoms with Crippen molar-refractivity contribution >= 4 is 44.3 Å². The zero-order chi connectivity index (χ0) is 20.4. The maximum absolute atomic E-state index is 12.9. The van der Waals surface area contributed by atoms with Gasteiger partial charge in [0.2, 0.25) is 0 Å². The van der Waals surface area contributed by atoms with Crippen molar-refractivity contribution in [1.29, 1.82) is 0 Å². The van der Waals surface area contributed by atoms with Gasteiger partial charge >= 0.3 is 6.18 Å². The Morgan fingerprint density at radius 3 is 2.37 bits per heavy atom. The van der Waals surface area contributed by atoms with Crippen LogP contribution in [-0.2, 0) is 16.2 Å². The summed E-state index contributed by atoms with van der Waals surface area (Å²) in [5, 5.41) is -0.705. The second-order valence-electron chi connectivity index (χ2n) is 5.51. The fourth-order valence-corrected chi connectivity index (χ4v) is 4.33. The van der Waals surface area contributed by atoms with Crippen molar-refractivity contribution in [1.82, 2.24) is 4.90 Å². The van der Waals surface area contributed by atoms with Gasteiger partial charge in [0.15, 0.2) is 0 Å². The highest BCUT2D eigenvalue weighted by Crippen LogP contribution is 2.35. The first-order chi connectivity index (χ1) is 12.4. The molecule has 5 nitrogen and oxygen atoms in total. The highest BCUT2D eigenvalue weighted by Gasteiger charge is 2.33. The molecule has 0 saturated heterocycles. The van der Waals surface area contributed by atoms with E-state index in [-0.39, 0.29) is 15.9 Å². The van der Waals surface area contributed by atoms with Gasteiger partial charge in [-0.1, -0.05) is 23.7 Å². The standard InChI is InChI=1S/C16H14ClF3N2O3S2/c1-22(2)15(23)26-13-6-4-3-5-12(13)21-27(24,25)14-9-10(16(18,19)20)7-8-11(14)17/h3-9,21H,1-2H3. The minimum Gasteiger partial charge on any atom is -0.339 e.